The summed E-state index contributed by atoms with van der Waals surface area (Å²) in [5.41, 5.74) is 3.79. The van der Waals surface area contributed by atoms with Crippen LogP contribution < -0.4 is 10.5 Å². The third kappa shape index (κ3) is 4.06. The predicted octanol–water partition coefficient (Wildman–Crippen LogP) is 2.79. The molecular weight excluding hydrogens is 377 g/mol. The van der Waals surface area contributed by atoms with Gasteiger partial charge < -0.3 is 19.6 Å². The quantitative estimate of drug-likeness (QED) is 0.370. The number of H-pyrrole nitrogens is 1. The lowest BCUT2D eigenvalue weighted by Crippen LogP contribution is -2.24. The highest BCUT2D eigenvalue weighted by Crippen LogP contribution is 2.28. The number of benzene rings is 2. The lowest BCUT2D eigenvalue weighted by atomic mass is 9.96. The fraction of sp³-hybridized carbons (Fsp3) is 0.130. The van der Waals surface area contributed by atoms with Crippen LogP contribution in [0.25, 0.3) is 10.9 Å². The van der Waals surface area contributed by atoms with Crippen molar-refractivity contribution >= 4 is 35.8 Å². The van der Waals surface area contributed by atoms with Gasteiger partial charge in [0.15, 0.2) is 5.82 Å². The van der Waals surface area contributed by atoms with Gasteiger partial charge in [0.25, 0.3) is 0 Å². The van der Waals surface area contributed by atoms with E-state index in [1.165, 1.54) is 13.3 Å². The maximum absolute atomic E-state index is 12.2. The first-order valence-electron chi connectivity index (χ1n) is 9.60. The van der Waals surface area contributed by atoms with Crippen LogP contribution in [0.3, 0.4) is 0 Å². The first kappa shape index (κ1) is 19.7. The molecule has 4 aromatic rings. The number of nitrogens with zero attached hydrogens (tertiary/aromatic N) is 2. The number of hydrogen-bond acceptors (Lipinski definition) is 5. The number of ether oxygens (including phenoxy) is 1. The molecule has 2 heterocycles. The van der Waals surface area contributed by atoms with Crippen LogP contribution in [0.2, 0.25) is 0 Å². The molecule has 2 aromatic heterocycles. The Kier molecular flexibility index (Phi) is 5.81. The molecule has 0 spiro atoms. The standard InChI is InChI=1S/C23H21BN3O3/c1-30-23(28)19-13-25-22(21-18(19)12-20(24-29)26-21)27(14-16-8-4-2-5-9-16)15-17-10-6-3-7-11-17/h2-13,26,29H,14-15H2,1H3. The van der Waals surface area contributed by atoms with Gasteiger partial charge in [-0.3, -0.25) is 0 Å². The molecule has 2 N–H and O–H groups in total. The fourth-order valence-electron chi connectivity index (χ4n) is 3.52. The molecule has 0 bridgehead atoms. The van der Waals surface area contributed by atoms with E-state index in [0.29, 0.717) is 41.0 Å². The van der Waals surface area contributed by atoms with Gasteiger partial charge in [0.1, 0.15) is 0 Å². The van der Waals surface area contributed by atoms with Crippen molar-refractivity contribution in [2.24, 2.45) is 0 Å². The number of hydrogen-bond donors (Lipinski definition) is 2. The van der Waals surface area contributed by atoms with Gasteiger partial charge in [-0.15, -0.1) is 0 Å². The van der Waals surface area contributed by atoms with Crippen LogP contribution in [0, 0.1) is 0 Å². The molecule has 6 nitrogen and oxygen atoms in total. The maximum Gasteiger partial charge on any atom is 0.345 e. The molecule has 0 fully saturated rings. The second-order valence-electron chi connectivity index (χ2n) is 6.96. The molecule has 0 amide bonds. The number of nitrogens with one attached hydrogen (secondary N) is 1. The van der Waals surface area contributed by atoms with Gasteiger partial charge in [-0.25, -0.2) is 9.78 Å². The zero-order valence-electron chi connectivity index (χ0n) is 16.6. The minimum Gasteiger partial charge on any atom is -0.465 e. The number of carbonyl (C=O) groups is 1. The largest absolute Gasteiger partial charge is 0.465 e. The van der Waals surface area contributed by atoms with Crippen molar-refractivity contribution in [3.8, 4) is 0 Å². The zero-order valence-corrected chi connectivity index (χ0v) is 16.6. The smallest absolute Gasteiger partial charge is 0.345 e. The number of fused-ring (bicyclic) bond motifs is 1. The Hall–Kier alpha value is -3.58. The summed E-state index contributed by atoms with van der Waals surface area (Å²) in [6.07, 6.45) is 1.53. The van der Waals surface area contributed by atoms with E-state index < -0.39 is 5.97 Å². The Morgan fingerprint density at radius 1 is 1.07 bits per heavy atom. The van der Waals surface area contributed by atoms with Crippen molar-refractivity contribution in [3.63, 3.8) is 0 Å². The molecule has 4 rings (SSSR count). The number of carbonyl (C=O) groups excluding carboxylic acids is 1. The van der Waals surface area contributed by atoms with Crippen LogP contribution in [0.4, 0.5) is 5.82 Å². The summed E-state index contributed by atoms with van der Waals surface area (Å²) < 4.78 is 4.90. The van der Waals surface area contributed by atoms with Crippen LogP contribution in [-0.4, -0.2) is 35.6 Å². The van der Waals surface area contributed by atoms with Crippen molar-refractivity contribution in [3.05, 3.63) is 89.6 Å². The van der Waals surface area contributed by atoms with E-state index >= 15 is 0 Å². The Labute approximate surface area is 175 Å². The van der Waals surface area contributed by atoms with E-state index in [1.54, 1.807) is 6.07 Å². The van der Waals surface area contributed by atoms with Crippen LogP contribution in [0.1, 0.15) is 21.5 Å². The number of rotatable bonds is 7. The molecule has 149 valence electrons. The summed E-state index contributed by atoms with van der Waals surface area (Å²) in [6.45, 7) is 1.26. The predicted molar refractivity (Wildman–Crippen MR) is 118 cm³/mol. The lowest BCUT2D eigenvalue weighted by molar-refractivity contribution is 0.0602. The summed E-state index contributed by atoms with van der Waals surface area (Å²) in [5, 5.41) is 10.2. The molecule has 0 aliphatic rings. The van der Waals surface area contributed by atoms with E-state index in [1.807, 2.05) is 36.4 Å². The highest BCUT2D eigenvalue weighted by atomic mass is 16.5. The average molecular weight is 398 g/mol. The monoisotopic (exact) mass is 398 g/mol. The van der Waals surface area contributed by atoms with Crippen molar-refractivity contribution < 1.29 is 14.6 Å². The van der Waals surface area contributed by atoms with E-state index in [9.17, 15) is 9.82 Å². The molecule has 0 saturated carbocycles. The lowest BCUT2D eigenvalue weighted by Gasteiger charge is -2.25. The van der Waals surface area contributed by atoms with Crippen molar-refractivity contribution in [1.82, 2.24) is 9.97 Å². The third-order valence-corrected chi connectivity index (χ3v) is 4.94. The third-order valence-electron chi connectivity index (χ3n) is 4.94. The molecule has 0 aliphatic heterocycles. The molecule has 0 saturated heterocycles. The summed E-state index contributed by atoms with van der Waals surface area (Å²) >= 11 is 0. The van der Waals surface area contributed by atoms with Crippen LogP contribution in [0.15, 0.2) is 72.9 Å². The van der Waals surface area contributed by atoms with Gasteiger partial charge in [0.05, 0.1) is 18.2 Å². The Morgan fingerprint density at radius 3 is 2.20 bits per heavy atom. The first-order valence-corrected chi connectivity index (χ1v) is 9.60. The number of methoxy groups -OCH3 is 1. The molecule has 30 heavy (non-hydrogen) atoms. The van der Waals surface area contributed by atoms with Gasteiger partial charge in [-0.05, 0) is 17.2 Å². The van der Waals surface area contributed by atoms with Crippen molar-refractivity contribution in [2.45, 2.75) is 13.1 Å². The van der Waals surface area contributed by atoms with Crippen molar-refractivity contribution in [2.75, 3.05) is 12.0 Å². The number of pyridine rings is 1. The number of anilines is 1. The topological polar surface area (TPSA) is 78.5 Å². The molecule has 1 radical (unpaired) electrons. The summed E-state index contributed by atoms with van der Waals surface area (Å²) in [7, 11) is 2.31. The second kappa shape index (κ2) is 8.84. The van der Waals surface area contributed by atoms with E-state index in [0.717, 1.165) is 18.6 Å². The highest BCUT2D eigenvalue weighted by Gasteiger charge is 2.21. The summed E-state index contributed by atoms with van der Waals surface area (Å²) in [6, 6.07) is 22.0. The summed E-state index contributed by atoms with van der Waals surface area (Å²) in [5.74, 6) is 0.221. The molecule has 0 aliphatic carbocycles. The van der Waals surface area contributed by atoms with Crippen molar-refractivity contribution in [1.29, 1.82) is 0 Å². The minimum atomic E-state index is -0.472. The molecule has 7 heteroatoms. The average Bonchev–Trinajstić information content (AvgIpc) is 3.23. The second-order valence-corrected chi connectivity index (χ2v) is 6.96. The van der Waals surface area contributed by atoms with E-state index in [2.05, 4.69) is 39.1 Å². The Bertz CT molecular complexity index is 1110. The fourth-order valence-corrected chi connectivity index (χ4v) is 3.52. The van der Waals surface area contributed by atoms with Crippen LogP contribution >= 0.6 is 0 Å². The summed E-state index contributed by atoms with van der Waals surface area (Å²) in [4.78, 5) is 22.2. The zero-order chi connectivity index (χ0) is 20.9. The van der Waals surface area contributed by atoms with Crippen LogP contribution in [-0.2, 0) is 17.8 Å². The number of esters is 1. The van der Waals surface area contributed by atoms with Gasteiger partial charge in [-0.2, -0.15) is 0 Å². The van der Waals surface area contributed by atoms with Gasteiger partial charge in [0, 0.05) is 30.3 Å². The highest BCUT2D eigenvalue weighted by molar-refractivity contribution is 6.45. The maximum atomic E-state index is 12.2. The molecule has 0 unspecified atom stereocenters. The normalized spacial score (nSPS) is 10.7. The SMILES string of the molecule is COC(=O)c1cnc(N(Cc2ccccc2)Cc2ccccc2)c2[nH]c([B]O)cc12. The minimum absolute atomic E-state index is 0.347. The van der Waals surface area contributed by atoms with Gasteiger partial charge in [0.2, 0.25) is 0 Å². The molecule has 0 atom stereocenters. The first-order chi connectivity index (χ1) is 14.7. The Balaban J connectivity index is 1.82. The number of aromatic nitrogens is 2. The molecular formula is C23H21BN3O3. The molecule has 2 aromatic carbocycles. The Morgan fingerprint density at radius 2 is 1.67 bits per heavy atom. The van der Waals surface area contributed by atoms with Crippen LogP contribution in [0.5, 0.6) is 0 Å². The van der Waals surface area contributed by atoms with Gasteiger partial charge in [-0.1, -0.05) is 60.7 Å². The number of aromatic amines is 1. The van der Waals surface area contributed by atoms with Gasteiger partial charge >= 0.3 is 13.5 Å². The van der Waals surface area contributed by atoms with E-state index in [4.69, 9.17) is 4.74 Å². The van der Waals surface area contributed by atoms with E-state index in [-0.39, 0.29) is 0 Å².